The molecule has 2 atom stereocenters. The first-order valence-corrected chi connectivity index (χ1v) is 7.45. The van der Waals surface area contributed by atoms with Gasteiger partial charge in [-0.1, -0.05) is 13.3 Å². The molecule has 2 saturated heterocycles. The quantitative estimate of drug-likeness (QED) is 0.780. The fourth-order valence-corrected chi connectivity index (χ4v) is 3.18. The van der Waals surface area contributed by atoms with E-state index in [-0.39, 0.29) is 5.60 Å². The van der Waals surface area contributed by atoms with Gasteiger partial charge in [-0.15, -0.1) is 0 Å². The highest BCUT2D eigenvalue weighted by molar-refractivity contribution is 4.93. The standard InChI is InChI=1S/C14H28N2O2/c1-2-3-7-16(8-6-15)13-4-9-18-14(11-13)5-10-17-12-14/h13H,2-12,15H2,1H3. The number of ether oxygens (including phenoxy) is 2. The minimum atomic E-state index is 0.0159. The van der Waals surface area contributed by atoms with Gasteiger partial charge in [0.25, 0.3) is 0 Å². The Morgan fingerprint density at radius 2 is 2.22 bits per heavy atom. The third-order valence-corrected chi connectivity index (χ3v) is 4.27. The van der Waals surface area contributed by atoms with E-state index >= 15 is 0 Å². The summed E-state index contributed by atoms with van der Waals surface area (Å²) in [5, 5.41) is 0. The van der Waals surface area contributed by atoms with Gasteiger partial charge in [-0.25, -0.2) is 0 Å². The zero-order valence-electron chi connectivity index (χ0n) is 11.7. The number of hydrogen-bond donors (Lipinski definition) is 1. The summed E-state index contributed by atoms with van der Waals surface area (Å²) < 4.78 is 11.5. The Bertz CT molecular complexity index is 242. The third kappa shape index (κ3) is 3.44. The van der Waals surface area contributed by atoms with Crippen LogP contribution in [-0.4, -0.2) is 56.0 Å². The van der Waals surface area contributed by atoms with Crippen LogP contribution in [0.2, 0.25) is 0 Å². The van der Waals surface area contributed by atoms with Crippen molar-refractivity contribution in [1.82, 2.24) is 4.90 Å². The van der Waals surface area contributed by atoms with E-state index in [1.807, 2.05) is 0 Å². The van der Waals surface area contributed by atoms with Gasteiger partial charge in [-0.05, 0) is 25.8 Å². The lowest BCUT2D eigenvalue weighted by Crippen LogP contribution is -2.50. The maximum Gasteiger partial charge on any atom is 0.0951 e. The van der Waals surface area contributed by atoms with Crippen LogP contribution in [0.3, 0.4) is 0 Å². The van der Waals surface area contributed by atoms with Crippen LogP contribution in [0.1, 0.15) is 39.0 Å². The molecule has 2 aliphatic rings. The van der Waals surface area contributed by atoms with Crippen LogP contribution in [-0.2, 0) is 9.47 Å². The Morgan fingerprint density at radius 3 is 2.89 bits per heavy atom. The van der Waals surface area contributed by atoms with Gasteiger partial charge in [0.1, 0.15) is 0 Å². The van der Waals surface area contributed by atoms with Crippen molar-refractivity contribution >= 4 is 0 Å². The summed E-state index contributed by atoms with van der Waals surface area (Å²) in [4.78, 5) is 2.58. The lowest BCUT2D eigenvalue weighted by atomic mass is 9.88. The Morgan fingerprint density at radius 1 is 1.33 bits per heavy atom. The van der Waals surface area contributed by atoms with Gasteiger partial charge in [0.2, 0.25) is 0 Å². The largest absolute Gasteiger partial charge is 0.378 e. The van der Waals surface area contributed by atoms with Crippen LogP contribution >= 0.6 is 0 Å². The van der Waals surface area contributed by atoms with Crippen molar-refractivity contribution in [2.75, 3.05) is 39.5 Å². The van der Waals surface area contributed by atoms with E-state index in [1.54, 1.807) is 0 Å². The maximum absolute atomic E-state index is 6.01. The van der Waals surface area contributed by atoms with Gasteiger partial charge in [0.15, 0.2) is 0 Å². The summed E-state index contributed by atoms with van der Waals surface area (Å²) in [6, 6.07) is 0.635. The third-order valence-electron chi connectivity index (χ3n) is 4.27. The number of nitrogens with zero attached hydrogens (tertiary/aromatic N) is 1. The van der Waals surface area contributed by atoms with E-state index in [0.29, 0.717) is 6.04 Å². The minimum Gasteiger partial charge on any atom is -0.378 e. The van der Waals surface area contributed by atoms with Crippen LogP contribution in [0.15, 0.2) is 0 Å². The SMILES string of the molecule is CCCCN(CCN)C1CCOC2(CCOC2)C1. The van der Waals surface area contributed by atoms with Gasteiger partial charge in [-0.2, -0.15) is 0 Å². The van der Waals surface area contributed by atoms with Gasteiger partial charge in [-0.3, -0.25) is 4.90 Å². The van der Waals surface area contributed by atoms with E-state index < -0.39 is 0 Å². The lowest BCUT2D eigenvalue weighted by molar-refractivity contribution is -0.106. The summed E-state index contributed by atoms with van der Waals surface area (Å²) in [5.74, 6) is 0. The van der Waals surface area contributed by atoms with Crippen LogP contribution < -0.4 is 5.73 Å². The van der Waals surface area contributed by atoms with E-state index in [4.69, 9.17) is 15.2 Å². The molecule has 2 fully saturated rings. The second-order valence-corrected chi connectivity index (χ2v) is 5.66. The first-order valence-electron chi connectivity index (χ1n) is 7.45. The molecule has 18 heavy (non-hydrogen) atoms. The highest BCUT2D eigenvalue weighted by Crippen LogP contribution is 2.34. The van der Waals surface area contributed by atoms with Crippen molar-refractivity contribution < 1.29 is 9.47 Å². The van der Waals surface area contributed by atoms with Crippen molar-refractivity contribution in [3.05, 3.63) is 0 Å². The number of hydrogen-bond acceptors (Lipinski definition) is 4. The average Bonchev–Trinajstić information content (AvgIpc) is 2.82. The Balaban J connectivity index is 1.91. The van der Waals surface area contributed by atoms with Gasteiger partial charge in [0, 0.05) is 38.8 Å². The Kier molecular flexibility index (Phi) is 5.42. The molecule has 0 aromatic rings. The smallest absolute Gasteiger partial charge is 0.0951 e. The molecule has 1 spiro atoms. The zero-order valence-corrected chi connectivity index (χ0v) is 11.7. The van der Waals surface area contributed by atoms with Gasteiger partial charge < -0.3 is 15.2 Å². The molecule has 0 bridgehead atoms. The molecule has 2 N–H and O–H groups in total. The minimum absolute atomic E-state index is 0.0159. The molecule has 2 aliphatic heterocycles. The molecule has 0 aliphatic carbocycles. The van der Waals surface area contributed by atoms with E-state index in [2.05, 4.69) is 11.8 Å². The van der Waals surface area contributed by atoms with Gasteiger partial charge >= 0.3 is 0 Å². The molecule has 0 radical (unpaired) electrons. The normalized spacial score (nSPS) is 32.5. The molecule has 0 saturated carbocycles. The summed E-state index contributed by atoms with van der Waals surface area (Å²) in [7, 11) is 0. The number of nitrogens with two attached hydrogens (primary N) is 1. The van der Waals surface area contributed by atoms with Crippen LogP contribution in [0.5, 0.6) is 0 Å². The topological polar surface area (TPSA) is 47.7 Å². The van der Waals surface area contributed by atoms with Crippen LogP contribution in [0.25, 0.3) is 0 Å². The summed E-state index contributed by atoms with van der Waals surface area (Å²) >= 11 is 0. The summed E-state index contributed by atoms with van der Waals surface area (Å²) in [6.07, 6.45) is 5.84. The van der Waals surface area contributed by atoms with E-state index in [9.17, 15) is 0 Å². The second-order valence-electron chi connectivity index (χ2n) is 5.66. The molecule has 2 unspecified atom stereocenters. The van der Waals surface area contributed by atoms with Crippen molar-refractivity contribution in [3.8, 4) is 0 Å². The van der Waals surface area contributed by atoms with Gasteiger partial charge in [0.05, 0.1) is 12.2 Å². The Labute approximate surface area is 111 Å². The number of rotatable bonds is 6. The number of unbranched alkanes of at least 4 members (excludes halogenated alkanes) is 1. The average molecular weight is 256 g/mol. The molecule has 4 nitrogen and oxygen atoms in total. The van der Waals surface area contributed by atoms with Crippen molar-refractivity contribution in [2.45, 2.75) is 50.7 Å². The van der Waals surface area contributed by atoms with Crippen molar-refractivity contribution in [3.63, 3.8) is 0 Å². The van der Waals surface area contributed by atoms with E-state index in [1.165, 1.54) is 19.4 Å². The van der Waals surface area contributed by atoms with Crippen molar-refractivity contribution in [1.29, 1.82) is 0 Å². The molecule has 2 rings (SSSR count). The molecular formula is C14H28N2O2. The van der Waals surface area contributed by atoms with Crippen LogP contribution in [0.4, 0.5) is 0 Å². The lowest BCUT2D eigenvalue weighted by Gasteiger charge is -2.42. The monoisotopic (exact) mass is 256 g/mol. The predicted molar refractivity (Wildman–Crippen MR) is 72.7 cm³/mol. The molecule has 0 aromatic carbocycles. The fraction of sp³-hybridized carbons (Fsp3) is 1.00. The zero-order chi connectivity index (χ0) is 12.8. The molecule has 106 valence electrons. The first kappa shape index (κ1) is 14.3. The molecular weight excluding hydrogens is 228 g/mol. The highest BCUT2D eigenvalue weighted by atomic mass is 16.6. The van der Waals surface area contributed by atoms with Crippen LogP contribution in [0, 0.1) is 0 Å². The molecule has 4 heteroatoms. The Hall–Kier alpha value is -0.160. The van der Waals surface area contributed by atoms with E-state index in [0.717, 1.165) is 52.2 Å². The first-order chi connectivity index (χ1) is 8.79. The molecule has 0 amide bonds. The molecule has 2 heterocycles. The van der Waals surface area contributed by atoms with Crippen molar-refractivity contribution in [2.24, 2.45) is 5.73 Å². The predicted octanol–water partition coefficient (Wildman–Crippen LogP) is 1.39. The highest BCUT2D eigenvalue weighted by Gasteiger charge is 2.42. The summed E-state index contributed by atoms with van der Waals surface area (Å²) in [5.41, 5.74) is 5.77. The fourth-order valence-electron chi connectivity index (χ4n) is 3.18. The second kappa shape index (κ2) is 6.85. The maximum atomic E-state index is 6.01. The molecule has 0 aromatic heterocycles. The summed E-state index contributed by atoms with van der Waals surface area (Å²) in [6.45, 7) is 7.71.